The van der Waals surface area contributed by atoms with E-state index in [-0.39, 0.29) is 23.9 Å². The molecule has 0 radical (unpaired) electrons. The van der Waals surface area contributed by atoms with Crippen LogP contribution in [0.5, 0.6) is 0 Å². The average Bonchev–Trinajstić information content (AvgIpc) is 3.44. The number of hydrogen-bond donors (Lipinski definition) is 3. The van der Waals surface area contributed by atoms with Gasteiger partial charge in [0.1, 0.15) is 23.7 Å². The summed E-state index contributed by atoms with van der Waals surface area (Å²) in [5, 5.41) is 8.39. The van der Waals surface area contributed by atoms with Crippen LogP contribution in [0.2, 0.25) is 0 Å². The van der Waals surface area contributed by atoms with Crippen molar-refractivity contribution >= 4 is 29.7 Å². The number of aryl methyl sites for hydroxylation is 1. The fraction of sp³-hybridized carbons (Fsp3) is 0.560. The SMILES string of the molecule is Cc1ccc2nc(C(=O)N[C@@H](CC3CCCCC3)C(=O)N[C@H](C=O)C[C@@H]3CCNC3=O)cn2c1. The van der Waals surface area contributed by atoms with Crippen molar-refractivity contribution in [2.75, 3.05) is 6.54 Å². The minimum atomic E-state index is -0.776. The van der Waals surface area contributed by atoms with Gasteiger partial charge in [0, 0.05) is 24.9 Å². The van der Waals surface area contributed by atoms with Crippen molar-refractivity contribution in [1.29, 1.82) is 0 Å². The van der Waals surface area contributed by atoms with Crippen molar-refractivity contribution in [3.63, 3.8) is 0 Å². The van der Waals surface area contributed by atoms with Crippen LogP contribution in [0.15, 0.2) is 24.5 Å². The van der Waals surface area contributed by atoms with Crippen molar-refractivity contribution < 1.29 is 19.2 Å². The molecule has 3 heterocycles. The van der Waals surface area contributed by atoms with E-state index in [1.807, 2.05) is 25.3 Å². The Kier molecular flexibility index (Phi) is 7.59. The van der Waals surface area contributed by atoms with E-state index in [4.69, 9.17) is 0 Å². The van der Waals surface area contributed by atoms with E-state index < -0.39 is 23.9 Å². The quantitative estimate of drug-likeness (QED) is 0.487. The van der Waals surface area contributed by atoms with Gasteiger partial charge in [-0.2, -0.15) is 0 Å². The molecule has 3 atom stereocenters. The molecule has 9 heteroatoms. The van der Waals surface area contributed by atoms with Gasteiger partial charge in [-0.05, 0) is 43.7 Å². The summed E-state index contributed by atoms with van der Waals surface area (Å²) < 4.78 is 1.79. The highest BCUT2D eigenvalue weighted by molar-refractivity contribution is 5.97. The lowest BCUT2D eigenvalue weighted by molar-refractivity contribution is -0.127. The molecule has 1 saturated heterocycles. The standard InChI is InChI=1S/C25H33N5O4/c1-16-7-8-22-28-21(14-30(22)13-16)25(34)29-20(11-17-5-3-2-4-6-17)24(33)27-19(15-31)12-18-9-10-26-23(18)32/h7-8,13-15,17-20H,2-6,9-12H2,1H3,(H,26,32)(H,27,33)(H,29,34)/t18-,19-,20-/m0/s1. The van der Waals surface area contributed by atoms with Gasteiger partial charge in [-0.15, -0.1) is 0 Å². The van der Waals surface area contributed by atoms with Gasteiger partial charge in [0.15, 0.2) is 0 Å². The average molecular weight is 468 g/mol. The van der Waals surface area contributed by atoms with Gasteiger partial charge in [-0.1, -0.05) is 38.2 Å². The molecule has 34 heavy (non-hydrogen) atoms. The number of carbonyl (C=O) groups excluding carboxylic acids is 4. The monoisotopic (exact) mass is 467 g/mol. The van der Waals surface area contributed by atoms with Gasteiger partial charge in [0.05, 0.1) is 6.04 Å². The van der Waals surface area contributed by atoms with E-state index in [2.05, 4.69) is 20.9 Å². The van der Waals surface area contributed by atoms with Gasteiger partial charge in [-0.3, -0.25) is 14.4 Å². The van der Waals surface area contributed by atoms with Gasteiger partial charge in [0.25, 0.3) is 5.91 Å². The molecular formula is C25H33N5O4. The first-order chi connectivity index (χ1) is 16.4. The number of nitrogens with zero attached hydrogens (tertiary/aromatic N) is 2. The molecule has 0 spiro atoms. The summed E-state index contributed by atoms with van der Waals surface area (Å²) in [7, 11) is 0. The summed E-state index contributed by atoms with van der Waals surface area (Å²) in [4.78, 5) is 54.2. The number of aromatic nitrogens is 2. The van der Waals surface area contributed by atoms with Crippen molar-refractivity contribution in [2.45, 2.75) is 70.4 Å². The third-order valence-corrected chi connectivity index (χ3v) is 6.94. The summed E-state index contributed by atoms with van der Waals surface area (Å²) in [6.45, 7) is 2.55. The van der Waals surface area contributed by atoms with E-state index in [1.165, 1.54) is 6.42 Å². The van der Waals surface area contributed by atoms with E-state index >= 15 is 0 Å². The Hall–Kier alpha value is -3.23. The minimum absolute atomic E-state index is 0.0877. The second kappa shape index (κ2) is 10.8. The molecule has 0 unspecified atom stereocenters. The highest BCUT2D eigenvalue weighted by atomic mass is 16.2. The highest BCUT2D eigenvalue weighted by Crippen LogP contribution is 2.27. The number of imidazole rings is 1. The molecule has 2 aromatic heterocycles. The Morgan fingerprint density at radius 3 is 2.65 bits per heavy atom. The molecule has 4 rings (SSSR count). The molecule has 0 bridgehead atoms. The number of amides is 3. The first kappa shape index (κ1) is 23.9. The second-order valence-electron chi connectivity index (χ2n) is 9.63. The Morgan fingerprint density at radius 1 is 1.15 bits per heavy atom. The fourth-order valence-corrected chi connectivity index (χ4v) is 5.04. The summed E-state index contributed by atoms with van der Waals surface area (Å²) in [6.07, 6.45) is 11.1. The van der Waals surface area contributed by atoms with Crippen LogP contribution in [-0.2, 0) is 14.4 Å². The Bertz CT molecular complexity index is 1060. The predicted octanol–water partition coefficient (Wildman–Crippen LogP) is 1.92. The molecule has 9 nitrogen and oxygen atoms in total. The lowest BCUT2D eigenvalue weighted by Crippen LogP contribution is -2.51. The number of carbonyl (C=O) groups is 4. The van der Waals surface area contributed by atoms with E-state index in [9.17, 15) is 19.2 Å². The third kappa shape index (κ3) is 5.81. The van der Waals surface area contributed by atoms with E-state index in [0.29, 0.717) is 37.2 Å². The zero-order valence-electron chi connectivity index (χ0n) is 19.6. The lowest BCUT2D eigenvalue weighted by atomic mass is 9.84. The van der Waals surface area contributed by atoms with Crippen LogP contribution in [0.4, 0.5) is 0 Å². The van der Waals surface area contributed by atoms with Crippen LogP contribution >= 0.6 is 0 Å². The van der Waals surface area contributed by atoms with E-state index in [0.717, 1.165) is 31.2 Å². The Balaban J connectivity index is 1.46. The van der Waals surface area contributed by atoms with Gasteiger partial charge in [0.2, 0.25) is 11.8 Å². The van der Waals surface area contributed by atoms with E-state index in [1.54, 1.807) is 10.6 Å². The summed E-state index contributed by atoms with van der Waals surface area (Å²) in [5.41, 5.74) is 1.93. The van der Waals surface area contributed by atoms with Crippen LogP contribution in [-0.4, -0.2) is 52.0 Å². The maximum Gasteiger partial charge on any atom is 0.272 e. The van der Waals surface area contributed by atoms with Crippen LogP contribution in [0, 0.1) is 18.8 Å². The lowest BCUT2D eigenvalue weighted by Gasteiger charge is -2.27. The second-order valence-corrected chi connectivity index (χ2v) is 9.63. The summed E-state index contributed by atoms with van der Waals surface area (Å²) in [6, 6.07) is 2.21. The van der Waals surface area contributed by atoms with Crippen LogP contribution < -0.4 is 16.0 Å². The molecule has 3 amide bonds. The van der Waals surface area contributed by atoms with Gasteiger partial charge in [-0.25, -0.2) is 4.98 Å². The molecule has 1 aliphatic carbocycles. The number of fused-ring (bicyclic) bond motifs is 1. The van der Waals surface area contributed by atoms with Crippen LogP contribution in [0.3, 0.4) is 0 Å². The number of pyridine rings is 1. The zero-order chi connectivity index (χ0) is 24.1. The number of rotatable bonds is 9. The first-order valence-electron chi connectivity index (χ1n) is 12.2. The molecule has 1 saturated carbocycles. The predicted molar refractivity (Wildman–Crippen MR) is 126 cm³/mol. The van der Waals surface area contributed by atoms with Crippen molar-refractivity contribution in [3.8, 4) is 0 Å². The van der Waals surface area contributed by atoms with Gasteiger partial charge >= 0.3 is 0 Å². The third-order valence-electron chi connectivity index (χ3n) is 6.94. The van der Waals surface area contributed by atoms with Crippen molar-refractivity contribution in [3.05, 3.63) is 35.8 Å². The summed E-state index contributed by atoms with van der Waals surface area (Å²) >= 11 is 0. The smallest absolute Gasteiger partial charge is 0.272 e. The maximum atomic E-state index is 13.2. The maximum absolute atomic E-state index is 13.2. The largest absolute Gasteiger partial charge is 0.356 e. The normalized spacial score (nSPS) is 20.5. The van der Waals surface area contributed by atoms with Crippen molar-refractivity contribution in [1.82, 2.24) is 25.3 Å². The minimum Gasteiger partial charge on any atom is -0.356 e. The van der Waals surface area contributed by atoms with Crippen LogP contribution in [0.25, 0.3) is 5.65 Å². The number of nitrogens with one attached hydrogen (secondary N) is 3. The molecule has 1 aliphatic heterocycles. The van der Waals surface area contributed by atoms with Gasteiger partial charge < -0.3 is 25.1 Å². The Morgan fingerprint density at radius 2 is 1.94 bits per heavy atom. The highest BCUT2D eigenvalue weighted by Gasteiger charge is 2.31. The first-order valence-corrected chi connectivity index (χ1v) is 12.2. The fourth-order valence-electron chi connectivity index (χ4n) is 5.04. The molecule has 2 fully saturated rings. The number of aldehydes is 1. The van der Waals surface area contributed by atoms with Crippen LogP contribution in [0.1, 0.15) is 67.4 Å². The number of hydrogen-bond acceptors (Lipinski definition) is 5. The summed E-state index contributed by atoms with van der Waals surface area (Å²) in [5.74, 6) is -0.855. The zero-order valence-corrected chi connectivity index (χ0v) is 19.6. The molecular weight excluding hydrogens is 434 g/mol. The Labute approximate surface area is 199 Å². The van der Waals surface area contributed by atoms with Crippen molar-refractivity contribution in [2.24, 2.45) is 11.8 Å². The molecule has 2 aromatic rings. The molecule has 3 N–H and O–H groups in total. The molecule has 182 valence electrons. The topological polar surface area (TPSA) is 122 Å². The molecule has 2 aliphatic rings. The molecule has 0 aromatic carbocycles.